The number of aryl methyl sites for hydroxylation is 1. The minimum atomic E-state index is 0.112. The Morgan fingerprint density at radius 3 is 2.81 bits per heavy atom. The molecule has 6 nitrogen and oxygen atoms in total. The van der Waals surface area contributed by atoms with Crippen molar-refractivity contribution in [3.05, 3.63) is 53.6 Å². The number of benzene rings is 2. The molecule has 0 aliphatic carbocycles. The fourth-order valence-corrected chi connectivity index (χ4v) is 4.31. The molecule has 1 saturated heterocycles. The summed E-state index contributed by atoms with van der Waals surface area (Å²) >= 11 is 0. The first-order chi connectivity index (χ1) is 15.1. The Kier molecular flexibility index (Phi) is 6.97. The highest BCUT2D eigenvalue weighted by molar-refractivity contribution is 5.79. The number of fused-ring (bicyclic) bond motifs is 1. The maximum Gasteiger partial charge on any atom is 0.237 e. The van der Waals surface area contributed by atoms with Crippen molar-refractivity contribution in [2.75, 3.05) is 46.5 Å². The zero-order valence-corrected chi connectivity index (χ0v) is 18.5. The Morgan fingerprint density at radius 1 is 1.16 bits per heavy atom. The molecule has 0 bridgehead atoms. The third kappa shape index (κ3) is 5.31. The first-order valence-corrected chi connectivity index (χ1v) is 11.2. The number of ether oxygens (including phenoxy) is 3. The number of hydrogen-bond acceptors (Lipinski definition) is 5. The number of carbonyl (C=O) groups excluding carboxylic acids is 1. The Labute approximate surface area is 184 Å². The van der Waals surface area contributed by atoms with Crippen molar-refractivity contribution in [2.24, 2.45) is 0 Å². The van der Waals surface area contributed by atoms with Gasteiger partial charge in [-0.3, -0.25) is 9.69 Å². The second kappa shape index (κ2) is 10.1. The quantitative estimate of drug-likeness (QED) is 0.603. The van der Waals surface area contributed by atoms with Gasteiger partial charge in [0.1, 0.15) is 19.0 Å². The summed E-state index contributed by atoms with van der Waals surface area (Å²) in [5.41, 5.74) is 2.27. The van der Waals surface area contributed by atoms with Gasteiger partial charge in [0, 0.05) is 13.1 Å². The van der Waals surface area contributed by atoms with Gasteiger partial charge in [-0.2, -0.15) is 0 Å². The molecule has 1 fully saturated rings. The van der Waals surface area contributed by atoms with E-state index in [-0.39, 0.29) is 11.9 Å². The number of rotatable bonds is 8. The normalized spacial score (nSPS) is 17.8. The molecule has 0 N–H and O–H groups in total. The molecule has 2 heterocycles. The number of amides is 1. The molecule has 1 amide bonds. The molecule has 2 aromatic carbocycles. The summed E-state index contributed by atoms with van der Waals surface area (Å²) in [6.45, 7) is 5.90. The molecule has 4 rings (SSSR count). The Hall–Kier alpha value is -2.73. The number of likely N-dealkylation sites (N-methyl/N-ethyl adjacent to an activating group) is 1. The summed E-state index contributed by atoms with van der Waals surface area (Å²) in [6, 6.07) is 14.2. The summed E-state index contributed by atoms with van der Waals surface area (Å²) in [5, 5.41) is 0. The lowest BCUT2D eigenvalue weighted by atomic mass is 10.0. The van der Waals surface area contributed by atoms with Gasteiger partial charge in [-0.15, -0.1) is 0 Å². The zero-order chi connectivity index (χ0) is 21.6. The number of hydrogen-bond donors (Lipinski definition) is 0. The lowest BCUT2D eigenvalue weighted by molar-refractivity contribution is -0.133. The average molecular weight is 425 g/mol. The van der Waals surface area contributed by atoms with Crippen molar-refractivity contribution in [3.63, 3.8) is 0 Å². The summed E-state index contributed by atoms with van der Waals surface area (Å²) in [4.78, 5) is 17.1. The van der Waals surface area contributed by atoms with Crippen LogP contribution < -0.4 is 14.2 Å². The van der Waals surface area contributed by atoms with Crippen molar-refractivity contribution in [1.29, 1.82) is 0 Å². The van der Waals surface area contributed by atoms with E-state index < -0.39 is 0 Å². The molecule has 166 valence electrons. The molecular formula is C25H32N2O4. The average Bonchev–Trinajstić information content (AvgIpc) is 3.28. The number of nitrogens with zero attached hydrogens (tertiary/aromatic N) is 2. The standard InChI is InChI=1S/C25H32N2O4/c1-19-7-3-4-9-22(19)29-14-6-12-26(2)18-25(28)27-13-5-8-21(27)20-10-11-23-24(17-20)31-16-15-30-23/h3-4,7,9-11,17,21H,5-6,8,12-16,18H2,1-2H3. The van der Waals surface area contributed by atoms with Crippen LogP contribution in [0.5, 0.6) is 17.2 Å². The summed E-state index contributed by atoms with van der Waals surface area (Å²) < 4.78 is 17.2. The van der Waals surface area contributed by atoms with Gasteiger partial charge in [-0.1, -0.05) is 24.3 Å². The van der Waals surface area contributed by atoms with Gasteiger partial charge in [-0.05, 0) is 62.6 Å². The summed E-state index contributed by atoms with van der Waals surface area (Å²) in [5.74, 6) is 2.69. The number of carbonyl (C=O) groups is 1. The minimum Gasteiger partial charge on any atom is -0.493 e. The van der Waals surface area contributed by atoms with Crippen molar-refractivity contribution in [2.45, 2.75) is 32.2 Å². The monoisotopic (exact) mass is 424 g/mol. The van der Waals surface area contributed by atoms with Crippen molar-refractivity contribution >= 4 is 5.91 Å². The summed E-state index contributed by atoms with van der Waals surface area (Å²) in [7, 11) is 2.00. The molecule has 1 atom stereocenters. The third-order valence-corrected chi connectivity index (χ3v) is 5.96. The second-order valence-electron chi connectivity index (χ2n) is 8.35. The number of likely N-dealkylation sites (tertiary alicyclic amines) is 1. The molecule has 0 spiro atoms. The molecule has 31 heavy (non-hydrogen) atoms. The highest BCUT2D eigenvalue weighted by Gasteiger charge is 2.31. The maximum absolute atomic E-state index is 13.0. The molecule has 6 heteroatoms. The molecule has 2 aliphatic heterocycles. The Balaban J connectivity index is 1.27. The van der Waals surface area contributed by atoms with Crippen LogP contribution in [-0.4, -0.2) is 62.2 Å². The van der Waals surface area contributed by atoms with E-state index >= 15 is 0 Å². The Morgan fingerprint density at radius 2 is 1.97 bits per heavy atom. The van der Waals surface area contributed by atoms with Gasteiger partial charge >= 0.3 is 0 Å². The van der Waals surface area contributed by atoms with E-state index in [1.54, 1.807) is 0 Å². The molecular weight excluding hydrogens is 392 g/mol. The second-order valence-corrected chi connectivity index (χ2v) is 8.35. The number of para-hydroxylation sites is 1. The van der Waals surface area contributed by atoms with Crippen LogP contribution in [0.25, 0.3) is 0 Å². The van der Waals surface area contributed by atoms with E-state index in [4.69, 9.17) is 14.2 Å². The van der Waals surface area contributed by atoms with E-state index in [1.165, 1.54) is 0 Å². The van der Waals surface area contributed by atoms with Crippen LogP contribution in [0, 0.1) is 6.92 Å². The van der Waals surface area contributed by atoms with Gasteiger partial charge < -0.3 is 19.1 Å². The lowest BCUT2D eigenvalue weighted by Crippen LogP contribution is -2.39. The van der Waals surface area contributed by atoms with E-state index in [1.807, 2.05) is 55.3 Å². The fourth-order valence-electron chi connectivity index (χ4n) is 4.31. The smallest absolute Gasteiger partial charge is 0.237 e. The van der Waals surface area contributed by atoms with Crippen LogP contribution in [-0.2, 0) is 4.79 Å². The third-order valence-electron chi connectivity index (χ3n) is 5.96. The van der Waals surface area contributed by atoms with Crippen molar-refractivity contribution in [1.82, 2.24) is 9.80 Å². The van der Waals surface area contributed by atoms with Crippen molar-refractivity contribution < 1.29 is 19.0 Å². The molecule has 0 aromatic heterocycles. The van der Waals surface area contributed by atoms with Gasteiger partial charge in [0.2, 0.25) is 5.91 Å². The van der Waals surface area contributed by atoms with Gasteiger partial charge in [-0.25, -0.2) is 0 Å². The summed E-state index contributed by atoms with van der Waals surface area (Å²) in [6.07, 6.45) is 2.89. The zero-order valence-electron chi connectivity index (χ0n) is 18.5. The van der Waals surface area contributed by atoms with Gasteiger partial charge in [0.15, 0.2) is 11.5 Å². The molecule has 1 unspecified atom stereocenters. The van der Waals surface area contributed by atoms with E-state index in [0.29, 0.717) is 26.4 Å². The van der Waals surface area contributed by atoms with Crippen LogP contribution in [0.3, 0.4) is 0 Å². The van der Waals surface area contributed by atoms with Crippen molar-refractivity contribution in [3.8, 4) is 17.2 Å². The van der Waals surface area contributed by atoms with E-state index in [0.717, 1.165) is 60.7 Å². The molecule has 0 saturated carbocycles. The van der Waals surface area contributed by atoms with E-state index in [2.05, 4.69) is 11.0 Å². The van der Waals surface area contributed by atoms with Gasteiger partial charge in [0.25, 0.3) is 0 Å². The highest BCUT2D eigenvalue weighted by atomic mass is 16.6. The van der Waals surface area contributed by atoms with Gasteiger partial charge in [0.05, 0.1) is 19.2 Å². The predicted molar refractivity (Wildman–Crippen MR) is 120 cm³/mol. The predicted octanol–water partition coefficient (Wildman–Crippen LogP) is 3.83. The Bertz CT molecular complexity index is 901. The maximum atomic E-state index is 13.0. The lowest BCUT2D eigenvalue weighted by Gasteiger charge is -2.28. The van der Waals surface area contributed by atoms with Crippen LogP contribution in [0.15, 0.2) is 42.5 Å². The topological polar surface area (TPSA) is 51.2 Å². The van der Waals surface area contributed by atoms with Crippen LogP contribution in [0.4, 0.5) is 0 Å². The SMILES string of the molecule is Cc1ccccc1OCCCN(C)CC(=O)N1CCCC1c1ccc2c(c1)OCCO2. The van der Waals surface area contributed by atoms with Crippen LogP contribution in [0.1, 0.15) is 36.4 Å². The minimum absolute atomic E-state index is 0.112. The fraction of sp³-hybridized carbons (Fsp3) is 0.480. The first kappa shape index (κ1) is 21.5. The molecule has 2 aliphatic rings. The molecule has 2 aromatic rings. The molecule has 0 radical (unpaired) electrons. The largest absolute Gasteiger partial charge is 0.493 e. The van der Waals surface area contributed by atoms with E-state index in [9.17, 15) is 4.79 Å². The first-order valence-electron chi connectivity index (χ1n) is 11.2. The highest BCUT2D eigenvalue weighted by Crippen LogP contribution is 2.38. The van der Waals surface area contributed by atoms with Crippen LogP contribution in [0.2, 0.25) is 0 Å². The van der Waals surface area contributed by atoms with Crippen LogP contribution >= 0.6 is 0 Å².